The molecule has 1 aliphatic heterocycles. The van der Waals surface area contributed by atoms with Crippen LogP contribution in [-0.4, -0.2) is 50.1 Å². The third-order valence-electron chi connectivity index (χ3n) is 4.16. The molecule has 2 atom stereocenters. The van der Waals surface area contributed by atoms with E-state index in [9.17, 15) is 0 Å². The lowest BCUT2D eigenvalue weighted by atomic mass is 10.0. The molecular formula is C16H27N3. The number of likely N-dealkylation sites (N-methyl/N-ethyl adjacent to an activating group) is 1. The zero-order valence-corrected chi connectivity index (χ0v) is 12.5. The van der Waals surface area contributed by atoms with Crippen molar-refractivity contribution in [3.8, 4) is 0 Å². The highest BCUT2D eigenvalue weighted by Crippen LogP contribution is 2.18. The van der Waals surface area contributed by atoms with Gasteiger partial charge >= 0.3 is 0 Å². The van der Waals surface area contributed by atoms with E-state index in [0.29, 0.717) is 0 Å². The lowest BCUT2D eigenvalue weighted by molar-refractivity contribution is 0.260. The van der Waals surface area contributed by atoms with Gasteiger partial charge in [-0.15, -0.1) is 0 Å². The van der Waals surface area contributed by atoms with Crippen molar-refractivity contribution in [3.05, 3.63) is 35.4 Å². The normalized spacial score (nSPS) is 22.1. The number of nitrogens with zero attached hydrogens (tertiary/aromatic N) is 2. The second kappa shape index (κ2) is 6.51. The molecule has 0 spiro atoms. The molecular weight excluding hydrogens is 234 g/mol. The van der Waals surface area contributed by atoms with Crippen LogP contribution in [0, 0.1) is 12.8 Å². The van der Waals surface area contributed by atoms with Gasteiger partial charge in [0.1, 0.15) is 0 Å². The Morgan fingerprint density at radius 2 is 2.16 bits per heavy atom. The third kappa shape index (κ3) is 4.03. The largest absolute Gasteiger partial charge is 0.323 e. The van der Waals surface area contributed by atoms with Gasteiger partial charge in [0, 0.05) is 25.7 Å². The lowest BCUT2D eigenvalue weighted by Gasteiger charge is -2.25. The maximum atomic E-state index is 6.35. The van der Waals surface area contributed by atoms with Gasteiger partial charge in [0.05, 0.1) is 0 Å². The fraction of sp³-hybridized carbons (Fsp3) is 0.625. The molecule has 1 fully saturated rings. The van der Waals surface area contributed by atoms with Crippen molar-refractivity contribution in [3.63, 3.8) is 0 Å². The summed E-state index contributed by atoms with van der Waals surface area (Å²) in [5.74, 6) is 0.805. The molecule has 3 nitrogen and oxygen atoms in total. The van der Waals surface area contributed by atoms with Gasteiger partial charge in [-0.1, -0.05) is 24.3 Å². The molecule has 1 heterocycles. The number of hydrogen-bond donors (Lipinski definition) is 1. The minimum atomic E-state index is 0.116. The molecule has 1 aromatic rings. The second-order valence-corrected chi connectivity index (χ2v) is 6.10. The standard InChI is InChI=1S/C16H27N3/c1-13-6-4-5-7-15(13)16(17)12-19(3)11-14-8-9-18(2)10-14/h4-7,14,16H,8-12,17H2,1-3H3. The van der Waals surface area contributed by atoms with Gasteiger partial charge in [0.15, 0.2) is 0 Å². The van der Waals surface area contributed by atoms with Crippen LogP contribution in [0.25, 0.3) is 0 Å². The summed E-state index contributed by atoms with van der Waals surface area (Å²) in [6, 6.07) is 8.56. The van der Waals surface area contributed by atoms with E-state index in [1.165, 1.54) is 30.6 Å². The zero-order chi connectivity index (χ0) is 13.8. The van der Waals surface area contributed by atoms with E-state index in [1.54, 1.807) is 0 Å². The molecule has 0 amide bonds. The Hall–Kier alpha value is -0.900. The van der Waals surface area contributed by atoms with Crippen LogP contribution in [0.5, 0.6) is 0 Å². The fourth-order valence-electron chi connectivity index (χ4n) is 3.13. The molecule has 0 bridgehead atoms. The first-order valence-electron chi connectivity index (χ1n) is 7.24. The van der Waals surface area contributed by atoms with E-state index < -0.39 is 0 Å². The van der Waals surface area contributed by atoms with Gasteiger partial charge in [0.2, 0.25) is 0 Å². The summed E-state index contributed by atoms with van der Waals surface area (Å²) >= 11 is 0. The van der Waals surface area contributed by atoms with Gasteiger partial charge in [-0.3, -0.25) is 0 Å². The van der Waals surface area contributed by atoms with Crippen molar-refractivity contribution in [2.75, 3.05) is 40.3 Å². The quantitative estimate of drug-likeness (QED) is 0.878. The molecule has 2 unspecified atom stereocenters. The first-order chi connectivity index (χ1) is 9.06. The van der Waals surface area contributed by atoms with Crippen molar-refractivity contribution in [1.29, 1.82) is 0 Å². The smallest absolute Gasteiger partial charge is 0.0426 e. The van der Waals surface area contributed by atoms with Crippen LogP contribution in [0.1, 0.15) is 23.6 Å². The van der Waals surface area contributed by atoms with Crippen LogP contribution in [0.4, 0.5) is 0 Å². The minimum absolute atomic E-state index is 0.116. The lowest BCUT2D eigenvalue weighted by Crippen LogP contribution is -2.33. The Balaban J connectivity index is 1.85. The van der Waals surface area contributed by atoms with E-state index in [1.807, 2.05) is 0 Å². The molecule has 1 aliphatic rings. The molecule has 0 saturated carbocycles. The van der Waals surface area contributed by atoms with E-state index in [4.69, 9.17) is 5.73 Å². The molecule has 0 aliphatic carbocycles. The summed E-state index contributed by atoms with van der Waals surface area (Å²) in [5, 5.41) is 0. The first kappa shape index (κ1) is 14.5. The molecule has 106 valence electrons. The van der Waals surface area contributed by atoms with Crippen molar-refractivity contribution in [1.82, 2.24) is 9.80 Å². The Bertz CT molecular complexity index is 405. The minimum Gasteiger partial charge on any atom is -0.323 e. The van der Waals surface area contributed by atoms with Crippen LogP contribution in [0.15, 0.2) is 24.3 Å². The highest BCUT2D eigenvalue weighted by molar-refractivity contribution is 5.28. The molecule has 2 rings (SSSR count). The predicted molar refractivity (Wildman–Crippen MR) is 81.2 cm³/mol. The SMILES string of the molecule is Cc1ccccc1C(N)CN(C)CC1CCN(C)C1. The van der Waals surface area contributed by atoms with Gasteiger partial charge < -0.3 is 15.5 Å². The molecule has 1 saturated heterocycles. The molecule has 1 aromatic carbocycles. The molecule has 0 radical (unpaired) electrons. The summed E-state index contributed by atoms with van der Waals surface area (Å²) in [5.41, 5.74) is 8.92. The summed E-state index contributed by atoms with van der Waals surface area (Å²) in [6.07, 6.45) is 1.32. The van der Waals surface area contributed by atoms with Crippen molar-refractivity contribution in [2.45, 2.75) is 19.4 Å². The van der Waals surface area contributed by atoms with Crippen LogP contribution in [0.3, 0.4) is 0 Å². The third-order valence-corrected chi connectivity index (χ3v) is 4.16. The van der Waals surface area contributed by atoms with Crippen molar-refractivity contribution < 1.29 is 0 Å². The molecule has 0 aromatic heterocycles. The summed E-state index contributed by atoms with van der Waals surface area (Å²) in [4.78, 5) is 4.81. The van der Waals surface area contributed by atoms with Gasteiger partial charge in [0.25, 0.3) is 0 Å². The molecule has 2 N–H and O–H groups in total. The first-order valence-corrected chi connectivity index (χ1v) is 7.24. The number of benzene rings is 1. The number of nitrogens with two attached hydrogens (primary N) is 1. The summed E-state index contributed by atoms with van der Waals surface area (Å²) < 4.78 is 0. The fourth-order valence-corrected chi connectivity index (χ4v) is 3.13. The Morgan fingerprint density at radius 3 is 2.79 bits per heavy atom. The molecule has 19 heavy (non-hydrogen) atoms. The highest BCUT2D eigenvalue weighted by Gasteiger charge is 2.21. The van der Waals surface area contributed by atoms with Crippen molar-refractivity contribution >= 4 is 0 Å². The summed E-state index contributed by atoms with van der Waals surface area (Å²) in [7, 11) is 4.40. The number of likely N-dealkylation sites (tertiary alicyclic amines) is 1. The van der Waals surface area contributed by atoms with Gasteiger partial charge in [-0.25, -0.2) is 0 Å². The maximum absolute atomic E-state index is 6.35. The Morgan fingerprint density at radius 1 is 1.42 bits per heavy atom. The number of hydrogen-bond acceptors (Lipinski definition) is 3. The van der Waals surface area contributed by atoms with Crippen LogP contribution in [0.2, 0.25) is 0 Å². The average Bonchev–Trinajstić information content (AvgIpc) is 2.74. The van der Waals surface area contributed by atoms with Gasteiger partial charge in [-0.2, -0.15) is 0 Å². The highest BCUT2D eigenvalue weighted by atomic mass is 15.2. The van der Waals surface area contributed by atoms with E-state index >= 15 is 0 Å². The Labute approximate surface area is 117 Å². The van der Waals surface area contributed by atoms with Crippen LogP contribution < -0.4 is 5.73 Å². The summed E-state index contributed by atoms with van der Waals surface area (Å²) in [6.45, 7) is 6.70. The number of aryl methyl sites for hydroxylation is 1. The average molecular weight is 261 g/mol. The van der Waals surface area contributed by atoms with Crippen LogP contribution >= 0.6 is 0 Å². The second-order valence-electron chi connectivity index (χ2n) is 6.10. The van der Waals surface area contributed by atoms with E-state index in [0.717, 1.165) is 19.0 Å². The van der Waals surface area contributed by atoms with E-state index in [2.05, 4.69) is 55.1 Å². The van der Waals surface area contributed by atoms with Crippen LogP contribution in [-0.2, 0) is 0 Å². The number of rotatable bonds is 5. The Kier molecular flexibility index (Phi) is 4.97. The zero-order valence-electron chi connectivity index (χ0n) is 12.5. The monoisotopic (exact) mass is 261 g/mol. The predicted octanol–water partition coefficient (Wildman–Crippen LogP) is 1.88. The molecule has 3 heteroatoms. The van der Waals surface area contributed by atoms with Crippen molar-refractivity contribution in [2.24, 2.45) is 11.7 Å². The van der Waals surface area contributed by atoms with Gasteiger partial charge in [-0.05, 0) is 51.0 Å². The maximum Gasteiger partial charge on any atom is 0.0426 e. The topological polar surface area (TPSA) is 32.5 Å². The van der Waals surface area contributed by atoms with E-state index in [-0.39, 0.29) is 6.04 Å².